The fourth-order valence-corrected chi connectivity index (χ4v) is 2.61. The summed E-state index contributed by atoms with van der Waals surface area (Å²) in [5, 5.41) is 4.09. The molecule has 1 fully saturated rings. The van der Waals surface area contributed by atoms with E-state index in [1.165, 1.54) is 0 Å². The van der Waals surface area contributed by atoms with Crippen LogP contribution in [-0.4, -0.2) is 59.1 Å². The first-order valence-corrected chi connectivity index (χ1v) is 6.82. The average molecular weight is 281 g/mol. The van der Waals surface area contributed by atoms with Gasteiger partial charge in [-0.2, -0.15) is 5.10 Å². The maximum Gasteiger partial charge on any atom is 0.227 e. The summed E-state index contributed by atoms with van der Waals surface area (Å²) in [5.74, 6) is 0.107. The summed E-state index contributed by atoms with van der Waals surface area (Å²) < 4.78 is 12.8. The Kier molecular flexibility index (Phi) is 4.45. The van der Waals surface area contributed by atoms with Crippen LogP contribution in [0.15, 0.2) is 12.4 Å². The van der Waals surface area contributed by atoms with Gasteiger partial charge in [0.05, 0.1) is 30.9 Å². The van der Waals surface area contributed by atoms with Crippen LogP contribution in [-0.2, 0) is 27.7 Å². The topological polar surface area (TPSA) is 56.6 Å². The molecule has 1 atom stereocenters. The molecule has 0 radical (unpaired) electrons. The molecule has 20 heavy (non-hydrogen) atoms. The number of amides is 1. The van der Waals surface area contributed by atoms with Gasteiger partial charge < -0.3 is 14.4 Å². The molecule has 1 amide bonds. The molecule has 0 bridgehead atoms. The number of nitrogens with zero attached hydrogens (tertiary/aromatic N) is 3. The number of aromatic nitrogens is 2. The molecule has 2 rings (SSSR count). The second-order valence-corrected chi connectivity index (χ2v) is 5.93. The molecule has 1 aromatic rings. The van der Waals surface area contributed by atoms with Gasteiger partial charge in [0.1, 0.15) is 0 Å². The standard InChI is InChI=1S/C14H23N3O3/c1-14(2)10-17(8-12(20-14)9-19-4)13(18)5-11-6-15-16(3)7-11/h6-7,12H,5,8-10H2,1-4H3/t12-/m0/s1. The van der Waals surface area contributed by atoms with E-state index in [0.717, 1.165) is 5.56 Å². The van der Waals surface area contributed by atoms with Gasteiger partial charge >= 0.3 is 0 Å². The summed E-state index contributed by atoms with van der Waals surface area (Å²) in [6, 6.07) is 0. The molecule has 112 valence electrons. The molecular formula is C14H23N3O3. The van der Waals surface area contributed by atoms with E-state index in [9.17, 15) is 4.79 Å². The zero-order valence-electron chi connectivity index (χ0n) is 12.6. The molecule has 0 aromatic carbocycles. The highest BCUT2D eigenvalue weighted by Crippen LogP contribution is 2.22. The fourth-order valence-electron chi connectivity index (χ4n) is 2.61. The number of methoxy groups -OCH3 is 1. The third kappa shape index (κ3) is 3.80. The van der Waals surface area contributed by atoms with Crippen LogP contribution in [0.25, 0.3) is 0 Å². The van der Waals surface area contributed by atoms with Crippen LogP contribution in [0.5, 0.6) is 0 Å². The summed E-state index contributed by atoms with van der Waals surface area (Å²) in [5.41, 5.74) is 0.594. The van der Waals surface area contributed by atoms with Crippen molar-refractivity contribution in [1.29, 1.82) is 0 Å². The first kappa shape index (κ1) is 15.0. The predicted octanol–water partition coefficient (Wildman–Crippen LogP) is 0.615. The van der Waals surface area contributed by atoms with Crippen molar-refractivity contribution in [3.8, 4) is 0 Å². The van der Waals surface area contributed by atoms with Gasteiger partial charge in [-0.1, -0.05) is 0 Å². The van der Waals surface area contributed by atoms with Gasteiger partial charge in [0.25, 0.3) is 0 Å². The highest BCUT2D eigenvalue weighted by molar-refractivity contribution is 5.78. The van der Waals surface area contributed by atoms with Crippen molar-refractivity contribution < 1.29 is 14.3 Å². The molecule has 1 saturated heterocycles. The molecule has 0 aliphatic carbocycles. The Bertz CT molecular complexity index is 470. The number of hydrogen-bond donors (Lipinski definition) is 0. The SMILES string of the molecule is COC[C@@H]1CN(C(=O)Cc2cnn(C)c2)CC(C)(C)O1. The van der Waals surface area contributed by atoms with Gasteiger partial charge in [-0.05, 0) is 19.4 Å². The monoisotopic (exact) mass is 281 g/mol. The number of ether oxygens (including phenoxy) is 2. The molecule has 6 heteroatoms. The molecule has 0 saturated carbocycles. The Morgan fingerprint density at radius 1 is 1.60 bits per heavy atom. The van der Waals surface area contributed by atoms with Crippen LogP contribution < -0.4 is 0 Å². The minimum absolute atomic E-state index is 0.0680. The van der Waals surface area contributed by atoms with Crippen molar-refractivity contribution in [2.75, 3.05) is 26.8 Å². The summed E-state index contributed by atoms with van der Waals surface area (Å²) in [7, 11) is 3.49. The average Bonchev–Trinajstić information content (AvgIpc) is 2.73. The third-order valence-corrected chi connectivity index (χ3v) is 3.30. The van der Waals surface area contributed by atoms with Crippen molar-refractivity contribution in [1.82, 2.24) is 14.7 Å². The fraction of sp³-hybridized carbons (Fsp3) is 0.714. The lowest BCUT2D eigenvalue weighted by Crippen LogP contribution is -2.56. The lowest BCUT2D eigenvalue weighted by molar-refractivity contribution is -0.168. The van der Waals surface area contributed by atoms with E-state index in [1.54, 1.807) is 18.0 Å². The van der Waals surface area contributed by atoms with E-state index < -0.39 is 0 Å². The van der Waals surface area contributed by atoms with Gasteiger partial charge in [-0.15, -0.1) is 0 Å². The zero-order chi connectivity index (χ0) is 14.8. The van der Waals surface area contributed by atoms with Crippen LogP contribution in [0.3, 0.4) is 0 Å². The summed E-state index contributed by atoms with van der Waals surface area (Å²) in [6.45, 7) is 5.68. The number of morpholine rings is 1. The van der Waals surface area contributed by atoms with Crippen molar-refractivity contribution in [3.05, 3.63) is 18.0 Å². The lowest BCUT2D eigenvalue weighted by atomic mass is 10.0. The molecule has 0 unspecified atom stereocenters. The number of carbonyl (C=O) groups is 1. The van der Waals surface area contributed by atoms with Crippen LogP contribution in [0.1, 0.15) is 19.4 Å². The smallest absolute Gasteiger partial charge is 0.227 e. The normalized spacial score (nSPS) is 22.0. The Morgan fingerprint density at radius 2 is 2.35 bits per heavy atom. The Balaban J connectivity index is 2.00. The third-order valence-electron chi connectivity index (χ3n) is 3.30. The second-order valence-electron chi connectivity index (χ2n) is 5.93. The number of aryl methyl sites for hydroxylation is 1. The van der Waals surface area contributed by atoms with E-state index >= 15 is 0 Å². The Labute approximate surface area is 119 Å². The van der Waals surface area contributed by atoms with Gasteiger partial charge in [0, 0.05) is 33.4 Å². The maximum atomic E-state index is 12.4. The lowest BCUT2D eigenvalue weighted by Gasteiger charge is -2.42. The van der Waals surface area contributed by atoms with Crippen LogP contribution >= 0.6 is 0 Å². The van der Waals surface area contributed by atoms with Gasteiger partial charge in [0.15, 0.2) is 0 Å². The molecule has 6 nitrogen and oxygen atoms in total. The van der Waals surface area contributed by atoms with E-state index in [-0.39, 0.29) is 17.6 Å². The Morgan fingerprint density at radius 3 is 2.95 bits per heavy atom. The first-order valence-electron chi connectivity index (χ1n) is 6.82. The molecule has 1 aromatic heterocycles. The first-order chi connectivity index (χ1) is 9.39. The summed E-state index contributed by atoms with van der Waals surface area (Å²) in [4.78, 5) is 14.3. The largest absolute Gasteiger partial charge is 0.382 e. The summed E-state index contributed by atoms with van der Waals surface area (Å²) >= 11 is 0. The predicted molar refractivity (Wildman–Crippen MR) is 74.3 cm³/mol. The number of rotatable bonds is 4. The van der Waals surface area contributed by atoms with Crippen LogP contribution in [0.2, 0.25) is 0 Å². The molecule has 0 N–H and O–H groups in total. The van der Waals surface area contributed by atoms with Crippen molar-refractivity contribution >= 4 is 5.91 Å². The second kappa shape index (κ2) is 5.93. The minimum Gasteiger partial charge on any atom is -0.382 e. The maximum absolute atomic E-state index is 12.4. The molecule has 1 aliphatic heterocycles. The highest BCUT2D eigenvalue weighted by atomic mass is 16.5. The van der Waals surface area contributed by atoms with E-state index in [1.807, 2.05) is 32.0 Å². The van der Waals surface area contributed by atoms with Crippen LogP contribution in [0, 0.1) is 0 Å². The highest BCUT2D eigenvalue weighted by Gasteiger charge is 2.35. The number of carbonyl (C=O) groups excluding carboxylic acids is 1. The quantitative estimate of drug-likeness (QED) is 0.811. The van der Waals surface area contributed by atoms with E-state index in [2.05, 4.69) is 5.10 Å². The number of hydrogen-bond acceptors (Lipinski definition) is 4. The van der Waals surface area contributed by atoms with Gasteiger partial charge in [-0.25, -0.2) is 0 Å². The Hall–Kier alpha value is -1.40. The van der Waals surface area contributed by atoms with E-state index in [0.29, 0.717) is 26.1 Å². The van der Waals surface area contributed by atoms with Gasteiger partial charge in [-0.3, -0.25) is 9.48 Å². The molecular weight excluding hydrogens is 258 g/mol. The zero-order valence-corrected chi connectivity index (χ0v) is 12.6. The van der Waals surface area contributed by atoms with Crippen LogP contribution in [0.4, 0.5) is 0 Å². The molecule has 1 aliphatic rings. The van der Waals surface area contributed by atoms with Crippen molar-refractivity contribution in [2.45, 2.75) is 32.0 Å². The van der Waals surface area contributed by atoms with Crippen molar-refractivity contribution in [3.63, 3.8) is 0 Å². The van der Waals surface area contributed by atoms with E-state index in [4.69, 9.17) is 9.47 Å². The molecule has 2 heterocycles. The van der Waals surface area contributed by atoms with Gasteiger partial charge in [0.2, 0.25) is 5.91 Å². The van der Waals surface area contributed by atoms with Crippen molar-refractivity contribution in [2.24, 2.45) is 7.05 Å². The molecule has 0 spiro atoms. The summed E-state index contributed by atoms with van der Waals surface area (Å²) in [6.07, 6.45) is 3.91. The minimum atomic E-state index is -0.341.